The third kappa shape index (κ3) is 5.43. The lowest BCUT2D eigenvalue weighted by Gasteiger charge is -2.08. The lowest BCUT2D eigenvalue weighted by atomic mass is 10.1. The van der Waals surface area contributed by atoms with Crippen LogP contribution in [0.2, 0.25) is 5.02 Å². The molecule has 7 heteroatoms. The first-order chi connectivity index (χ1) is 13.1. The van der Waals surface area contributed by atoms with Gasteiger partial charge in [-0.05, 0) is 54.4 Å². The molecule has 0 radical (unpaired) electrons. The molecule has 27 heavy (non-hydrogen) atoms. The second-order valence-electron chi connectivity index (χ2n) is 5.80. The standard InChI is InChI=1S/C20H18ClN3O3/c21-17-4-1-3-15(13-17)9-11-22-19(25)14-27-20(26)16-5-7-18(8-6-16)24-12-2-10-23-24/h1-8,10,12-13H,9,11,14H2,(H,22,25). The van der Waals surface area contributed by atoms with Gasteiger partial charge in [0.05, 0.1) is 11.3 Å². The van der Waals surface area contributed by atoms with Crippen LogP contribution in [0.5, 0.6) is 0 Å². The number of ether oxygens (including phenoxy) is 1. The zero-order valence-electron chi connectivity index (χ0n) is 14.5. The molecule has 1 aromatic heterocycles. The Labute approximate surface area is 161 Å². The fraction of sp³-hybridized carbons (Fsp3) is 0.150. The van der Waals surface area contributed by atoms with E-state index >= 15 is 0 Å². The molecule has 0 aliphatic carbocycles. The smallest absolute Gasteiger partial charge is 0.338 e. The molecule has 2 aromatic carbocycles. The van der Waals surface area contributed by atoms with E-state index in [-0.39, 0.29) is 12.5 Å². The number of carbonyl (C=O) groups excluding carboxylic acids is 2. The quantitative estimate of drug-likeness (QED) is 0.636. The summed E-state index contributed by atoms with van der Waals surface area (Å²) in [4.78, 5) is 23.9. The number of hydrogen-bond donors (Lipinski definition) is 1. The van der Waals surface area contributed by atoms with Crippen molar-refractivity contribution in [3.05, 3.63) is 83.1 Å². The summed E-state index contributed by atoms with van der Waals surface area (Å²) >= 11 is 5.92. The van der Waals surface area contributed by atoms with Crippen molar-refractivity contribution in [3.63, 3.8) is 0 Å². The summed E-state index contributed by atoms with van der Waals surface area (Å²) < 4.78 is 6.73. The average molecular weight is 384 g/mol. The number of carbonyl (C=O) groups is 2. The summed E-state index contributed by atoms with van der Waals surface area (Å²) in [5.41, 5.74) is 2.23. The maximum Gasteiger partial charge on any atom is 0.338 e. The highest BCUT2D eigenvalue weighted by Gasteiger charge is 2.10. The van der Waals surface area contributed by atoms with Crippen molar-refractivity contribution < 1.29 is 14.3 Å². The highest BCUT2D eigenvalue weighted by atomic mass is 35.5. The Kier molecular flexibility index (Phi) is 6.22. The van der Waals surface area contributed by atoms with Gasteiger partial charge in [-0.3, -0.25) is 4.79 Å². The molecule has 1 amide bonds. The second kappa shape index (κ2) is 9.00. The molecule has 1 heterocycles. The monoisotopic (exact) mass is 383 g/mol. The number of nitrogens with one attached hydrogen (secondary N) is 1. The van der Waals surface area contributed by atoms with Gasteiger partial charge in [-0.1, -0.05) is 23.7 Å². The Hall–Kier alpha value is -3.12. The highest BCUT2D eigenvalue weighted by molar-refractivity contribution is 6.30. The number of amides is 1. The lowest BCUT2D eigenvalue weighted by Crippen LogP contribution is -2.30. The molecule has 0 unspecified atom stereocenters. The van der Waals surface area contributed by atoms with E-state index < -0.39 is 5.97 Å². The molecule has 1 N–H and O–H groups in total. The van der Waals surface area contributed by atoms with Gasteiger partial charge in [-0.2, -0.15) is 5.10 Å². The van der Waals surface area contributed by atoms with Crippen molar-refractivity contribution >= 4 is 23.5 Å². The highest BCUT2D eigenvalue weighted by Crippen LogP contribution is 2.11. The van der Waals surface area contributed by atoms with Crippen molar-refractivity contribution in [2.45, 2.75) is 6.42 Å². The Morgan fingerprint density at radius 3 is 2.63 bits per heavy atom. The van der Waals surface area contributed by atoms with Gasteiger partial charge in [0.1, 0.15) is 0 Å². The molecule has 0 aliphatic heterocycles. The van der Waals surface area contributed by atoms with Gasteiger partial charge in [0, 0.05) is 24.0 Å². The minimum Gasteiger partial charge on any atom is -0.452 e. The molecular formula is C20H18ClN3O3. The minimum atomic E-state index is -0.549. The molecule has 3 aromatic rings. The van der Waals surface area contributed by atoms with Crippen LogP contribution in [0.3, 0.4) is 0 Å². The molecule has 0 saturated heterocycles. The number of esters is 1. The molecule has 0 saturated carbocycles. The zero-order chi connectivity index (χ0) is 19.1. The third-order valence-corrected chi connectivity index (χ3v) is 4.07. The Bertz CT molecular complexity index is 908. The van der Waals surface area contributed by atoms with Crippen molar-refractivity contribution in [1.29, 1.82) is 0 Å². The van der Waals surface area contributed by atoms with Crippen molar-refractivity contribution in [2.75, 3.05) is 13.2 Å². The zero-order valence-corrected chi connectivity index (χ0v) is 15.2. The van der Waals surface area contributed by atoms with Crippen LogP contribution in [0.1, 0.15) is 15.9 Å². The van der Waals surface area contributed by atoms with E-state index in [1.165, 1.54) is 0 Å². The van der Waals surface area contributed by atoms with Gasteiger partial charge in [0.25, 0.3) is 5.91 Å². The average Bonchev–Trinajstić information content (AvgIpc) is 3.21. The van der Waals surface area contributed by atoms with Crippen molar-refractivity contribution in [3.8, 4) is 5.69 Å². The van der Waals surface area contributed by atoms with E-state index in [1.807, 2.05) is 24.3 Å². The predicted octanol–water partition coefficient (Wildman–Crippen LogP) is 3.04. The predicted molar refractivity (Wildman–Crippen MR) is 102 cm³/mol. The molecule has 3 rings (SSSR count). The summed E-state index contributed by atoms with van der Waals surface area (Å²) in [6.45, 7) is 0.116. The van der Waals surface area contributed by atoms with Crippen molar-refractivity contribution in [1.82, 2.24) is 15.1 Å². The van der Waals surface area contributed by atoms with Crippen molar-refractivity contribution in [2.24, 2.45) is 0 Å². The molecule has 6 nitrogen and oxygen atoms in total. The van der Waals surface area contributed by atoms with Gasteiger partial charge in [0.2, 0.25) is 0 Å². The van der Waals surface area contributed by atoms with E-state index in [4.69, 9.17) is 16.3 Å². The van der Waals surface area contributed by atoms with E-state index in [1.54, 1.807) is 47.4 Å². The van der Waals surface area contributed by atoms with E-state index in [9.17, 15) is 9.59 Å². The Morgan fingerprint density at radius 2 is 1.93 bits per heavy atom. The van der Waals surface area contributed by atoms with Gasteiger partial charge in [-0.25, -0.2) is 9.48 Å². The topological polar surface area (TPSA) is 73.2 Å². The second-order valence-corrected chi connectivity index (χ2v) is 6.24. The minimum absolute atomic E-state index is 0.324. The van der Waals surface area contributed by atoms with Crippen LogP contribution < -0.4 is 5.32 Å². The maximum atomic E-state index is 12.0. The first-order valence-electron chi connectivity index (χ1n) is 8.40. The van der Waals surface area contributed by atoms with Gasteiger partial charge in [0.15, 0.2) is 6.61 Å². The fourth-order valence-electron chi connectivity index (χ4n) is 2.48. The number of hydrogen-bond acceptors (Lipinski definition) is 4. The molecule has 0 bridgehead atoms. The number of aromatic nitrogens is 2. The van der Waals surface area contributed by atoms with Gasteiger partial charge >= 0.3 is 5.97 Å². The van der Waals surface area contributed by atoms with Crippen LogP contribution in [0.15, 0.2) is 67.0 Å². The molecule has 0 spiro atoms. The first kappa shape index (κ1) is 18.7. The Balaban J connectivity index is 1.42. The largest absolute Gasteiger partial charge is 0.452 e. The fourth-order valence-corrected chi connectivity index (χ4v) is 2.69. The summed E-state index contributed by atoms with van der Waals surface area (Å²) in [6.07, 6.45) is 4.13. The van der Waals surface area contributed by atoms with E-state index in [2.05, 4.69) is 10.4 Å². The summed E-state index contributed by atoms with van der Waals surface area (Å²) in [5, 5.41) is 7.49. The summed E-state index contributed by atoms with van der Waals surface area (Å²) in [5.74, 6) is -0.898. The van der Waals surface area contributed by atoms with E-state index in [0.29, 0.717) is 23.6 Å². The number of nitrogens with zero attached hydrogens (tertiary/aromatic N) is 2. The maximum absolute atomic E-state index is 12.0. The molecule has 138 valence electrons. The summed E-state index contributed by atoms with van der Waals surface area (Å²) in [7, 11) is 0. The summed E-state index contributed by atoms with van der Waals surface area (Å²) in [6, 6.07) is 16.0. The van der Waals surface area contributed by atoms with Crippen LogP contribution >= 0.6 is 11.6 Å². The Morgan fingerprint density at radius 1 is 1.11 bits per heavy atom. The molecule has 0 aliphatic rings. The third-order valence-electron chi connectivity index (χ3n) is 3.83. The normalized spacial score (nSPS) is 10.4. The number of halogens is 1. The van der Waals surface area contributed by atoms with Crippen LogP contribution in [0.25, 0.3) is 5.69 Å². The van der Waals surface area contributed by atoms with E-state index in [0.717, 1.165) is 11.3 Å². The molecule has 0 fully saturated rings. The van der Waals surface area contributed by atoms with Crippen LogP contribution in [0, 0.1) is 0 Å². The molecule has 0 atom stereocenters. The van der Waals surface area contributed by atoms with Gasteiger partial charge < -0.3 is 10.1 Å². The SMILES string of the molecule is O=C(COC(=O)c1ccc(-n2cccn2)cc1)NCCc1cccc(Cl)c1. The van der Waals surface area contributed by atoms with Crippen LogP contribution in [-0.2, 0) is 16.0 Å². The van der Waals surface area contributed by atoms with Gasteiger partial charge in [-0.15, -0.1) is 0 Å². The number of rotatable bonds is 7. The van der Waals surface area contributed by atoms with Crippen LogP contribution in [-0.4, -0.2) is 34.8 Å². The van der Waals surface area contributed by atoms with Crippen LogP contribution in [0.4, 0.5) is 0 Å². The number of benzene rings is 2. The first-order valence-corrected chi connectivity index (χ1v) is 8.78. The molecular weight excluding hydrogens is 366 g/mol. The lowest BCUT2D eigenvalue weighted by molar-refractivity contribution is -0.124.